The second kappa shape index (κ2) is 9.91. The Hall–Kier alpha value is -2.94. The van der Waals surface area contributed by atoms with Crippen LogP contribution in [0.5, 0.6) is 0 Å². The van der Waals surface area contributed by atoms with Crippen LogP contribution in [0.15, 0.2) is 59.2 Å². The number of benzene rings is 1. The number of hydrogen-bond acceptors (Lipinski definition) is 6. The summed E-state index contributed by atoms with van der Waals surface area (Å²) in [6.45, 7) is 6.04. The van der Waals surface area contributed by atoms with Crippen LogP contribution in [0.1, 0.15) is 38.3 Å². The minimum Gasteiger partial charge on any atom is -0.459 e. The minimum absolute atomic E-state index is 0.170. The Morgan fingerprint density at radius 1 is 1.13 bits per heavy atom. The number of thiophene rings is 1. The molecule has 4 rings (SSSR count). The Morgan fingerprint density at radius 2 is 2.00 bits per heavy atom. The van der Waals surface area contributed by atoms with Gasteiger partial charge in [0, 0.05) is 26.2 Å². The van der Waals surface area contributed by atoms with Gasteiger partial charge in [-0.25, -0.2) is 0 Å². The average Bonchev–Trinajstić information content (AvgIpc) is 3.45. The van der Waals surface area contributed by atoms with Gasteiger partial charge in [-0.1, -0.05) is 24.3 Å². The Bertz CT molecular complexity index is 1030. The summed E-state index contributed by atoms with van der Waals surface area (Å²) in [5, 5.41) is 6.28. The van der Waals surface area contributed by atoms with E-state index in [1.165, 1.54) is 23.2 Å². The van der Waals surface area contributed by atoms with Crippen LogP contribution in [0.25, 0.3) is 0 Å². The summed E-state index contributed by atoms with van der Waals surface area (Å²) >= 11 is 1.22. The van der Waals surface area contributed by atoms with E-state index in [4.69, 9.17) is 9.15 Å². The number of anilines is 1. The van der Waals surface area contributed by atoms with Gasteiger partial charge in [-0.2, -0.15) is 0 Å². The first-order valence-electron chi connectivity index (χ1n) is 10.2. The highest BCUT2D eigenvalue weighted by Crippen LogP contribution is 2.23. The number of rotatable bonds is 7. The van der Waals surface area contributed by atoms with E-state index < -0.39 is 0 Å². The number of nitrogens with zero attached hydrogens (tertiary/aromatic N) is 1. The lowest BCUT2D eigenvalue weighted by Crippen LogP contribution is -2.40. The van der Waals surface area contributed by atoms with E-state index in [0.717, 1.165) is 31.8 Å². The maximum absolute atomic E-state index is 12.5. The molecule has 2 aromatic heterocycles. The monoisotopic (exact) mass is 439 g/mol. The van der Waals surface area contributed by atoms with Gasteiger partial charge in [-0.15, -0.1) is 11.3 Å². The summed E-state index contributed by atoms with van der Waals surface area (Å²) < 4.78 is 10.7. The molecule has 1 atom stereocenters. The van der Waals surface area contributed by atoms with Crippen molar-refractivity contribution in [3.05, 3.63) is 76.6 Å². The minimum atomic E-state index is -0.342. The summed E-state index contributed by atoms with van der Waals surface area (Å²) in [4.78, 5) is 27.5. The third-order valence-corrected chi connectivity index (χ3v) is 5.99. The van der Waals surface area contributed by atoms with Crippen molar-refractivity contribution in [2.45, 2.75) is 26.1 Å². The largest absolute Gasteiger partial charge is 0.459 e. The van der Waals surface area contributed by atoms with Crippen molar-refractivity contribution >= 4 is 28.2 Å². The molecule has 1 saturated heterocycles. The van der Waals surface area contributed by atoms with E-state index >= 15 is 0 Å². The third-order valence-electron chi connectivity index (χ3n) is 4.99. The van der Waals surface area contributed by atoms with E-state index in [1.807, 2.05) is 12.1 Å². The number of carbonyl (C=O) groups is 2. The third kappa shape index (κ3) is 5.81. The SMILES string of the molecule is CC1CN(Cc2cccc(CNC(=O)c3ccc(NC(=O)c4ccco4)s3)c2)CCO1. The molecule has 7 nitrogen and oxygen atoms in total. The lowest BCUT2D eigenvalue weighted by molar-refractivity contribution is -0.0212. The van der Waals surface area contributed by atoms with Gasteiger partial charge < -0.3 is 19.8 Å². The van der Waals surface area contributed by atoms with Gasteiger partial charge in [0.1, 0.15) is 0 Å². The molecule has 31 heavy (non-hydrogen) atoms. The van der Waals surface area contributed by atoms with Crippen LogP contribution in [0.4, 0.5) is 5.00 Å². The molecule has 0 radical (unpaired) electrons. The molecule has 0 saturated carbocycles. The molecule has 3 aromatic rings. The fraction of sp³-hybridized carbons (Fsp3) is 0.304. The van der Waals surface area contributed by atoms with Crippen LogP contribution in [-0.2, 0) is 17.8 Å². The highest BCUT2D eigenvalue weighted by Gasteiger charge is 2.17. The second-order valence-electron chi connectivity index (χ2n) is 7.51. The van der Waals surface area contributed by atoms with Crippen molar-refractivity contribution in [3.8, 4) is 0 Å². The normalized spacial score (nSPS) is 16.7. The maximum Gasteiger partial charge on any atom is 0.291 e. The quantitative estimate of drug-likeness (QED) is 0.586. The molecule has 3 heterocycles. The van der Waals surface area contributed by atoms with Gasteiger partial charge in [0.25, 0.3) is 11.8 Å². The molecule has 1 fully saturated rings. The summed E-state index contributed by atoms with van der Waals surface area (Å²) in [5.74, 6) is -0.285. The molecule has 2 N–H and O–H groups in total. The molecule has 8 heteroatoms. The molecule has 0 spiro atoms. The summed E-state index contributed by atoms with van der Waals surface area (Å²) in [6, 6.07) is 14.9. The zero-order valence-electron chi connectivity index (χ0n) is 17.3. The standard InChI is InChI=1S/C23H25N3O4S/c1-16-14-26(9-11-29-16)15-18-5-2-4-17(12-18)13-24-23(28)20-7-8-21(31-20)25-22(27)19-6-3-10-30-19/h2-8,10,12,16H,9,11,13-15H2,1H3,(H,24,28)(H,25,27). The van der Waals surface area contributed by atoms with Crippen LogP contribution in [0.2, 0.25) is 0 Å². The van der Waals surface area contributed by atoms with Gasteiger partial charge in [0.2, 0.25) is 0 Å². The molecule has 1 aliphatic heterocycles. The number of furan rings is 1. The predicted octanol–water partition coefficient (Wildman–Crippen LogP) is 3.74. The molecule has 162 valence electrons. The van der Waals surface area contributed by atoms with Crippen molar-refractivity contribution in [2.75, 3.05) is 25.0 Å². The van der Waals surface area contributed by atoms with Crippen molar-refractivity contribution in [1.29, 1.82) is 0 Å². The van der Waals surface area contributed by atoms with E-state index in [9.17, 15) is 9.59 Å². The Morgan fingerprint density at radius 3 is 2.81 bits per heavy atom. The molecule has 1 unspecified atom stereocenters. The van der Waals surface area contributed by atoms with Crippen LogP contribution >= 0.6 is 11.3 Å². The molecule has 2 amide bonds. The molecular weight excluding hydrogens is 414 g/mol. The van der Waals surface area contributed by atoms with Crippen LogP contribution < -0.4 is 10.6 Å². The zero-order chi connectivity index (χ0) is 21.6. The first-order valence-corrected chi connectivity index (χ1v) is 11.0. The fourth-order valence-electron chi connectivity index (χ4n) is 3.51. The van der Waals surface area contributed by atoms with E-state index in [0.29, 0.717) is 16.4 Å². The van der Waals surface area contributed by atoms with Crippen molar-refractivity contribution in [2.24, 2.45) is 0 Å². The van der Waals surface area contributed by atoms with E-state index in [-0.39, 0.29) is 23.7 Å². The number of carbonyl (C=O) groups excluding carboxylic acids is 2. The first kappa shape index (κ1) is 21.3. The maximum atomic E-state index is 12.5. The first-order chi connectivity index (χ1) is 15.1. The van der Waals surface area contributed by atoms with Gasteiger partial charge in [0.05, 0.1) is 28.9 Å². The summed E-state index contributed by atoms with van der Waals surface area (Å²) in [7, 11) is 0. The lowest BCUT2D eigenvalue weighted by Gasteiger charge is -2.31. The number of amides is 2. The number of morpholine rings is 1. The van der Waals surface area contributed by atoms with Crippen LogP contribution in [0.3, 0.4) is 0 Å². The molecular formula is C23H25N3O4S. The highest BCUT2D eigenvalue weighted by atomic mass is 32.1. The van der Waals surface area contributed by atoms with Crippen molar-refractivity contribution in [3.63, 3.8) is 0 Å². The van der Waals surface area contributed by atoms with E-state index in [1.54, 1.807) is 24.3 Å². The van der Waals surface area contributed by atoms with Gasteiger partial charge in [0.15, 0.2) is 5.76 Å². The Balaban J connectivity index is 1.30. The number of hydrogen-bond donors (Lipinski definition) is 2. The number of ether oxygens (including phenoxy) is 1. The topological polar surface area (TPSA) is 83.8 Å². The van der Waals surface area contributed by atoms with E-state index in [2.05, 4.69) is 34.6 Å². The molecule has 0 aliphatic carbocycles. The Kier molecular flexibility index (Phi) is 6.81. The molecule has 1 aliphatic rings. The summed E-state index contributed by atoms with van der Waals surface area (Å²) in [6.07, 6.45) is 1.70. The highest BCUT2D eigenvalue weighted by molar-refractivity contribution is 7.18. The average molecular weight is 440 g/mol. The zero-order valence-corrected chi connectivity index (χ0v) is 18.1. The van der Waals surface area contributed by atoms with Crippen molar-refractivity contribution in [1.82, 2.24) is 10.2 Å². The Labute approximate surface area is 185 Å². The van der Waals surface area contributed by atoms with Gasteiger partial charge in [-0.05, 0) is 42.3 Å². The number of nitrogens with one attached hydrogen (secondary N) is 2. The van der Waals surface area contributed by atoms with Crippen LogP contribution in [0, 0.1) is 0 Å². The smallest absolute Gasteiger partial charge is 0.291 e. The van der Waals surface area contributed by atoms with Gasteiger partial charge >= 0.3 is 0 Å². The van der Waals surface area contributed by atoms with Gasteiger partial charge in [-0.3, -0.25) is 14.5 Å². The summed E-state index contributed by atoms with van der Waals surface area (Å²) in [5.41, 5.74) is 2.27. The molecule has 1 aromatic carbocycles. The second-order valence-corrected chi connectivity index (χ2v) is 8.60. The fourth-order valence-corrected chi connectivity index (χ4v) is 4.33. The molecule has 0 bridgehead atoms. The lowest BCUT2D eigenvalue weighted by atomic mass is 10.1. The predicted molar refractivity (Wildman–Crippen MR) is 119 cm³/mol. The van der Waals surface area contributed by atoms with Crippen molar-refractivity contribution < 1.29 is 18.7 Å². The van der Waals surface area contributed by atoms with Crippen LogP contribution in [-0.4, -0.2) is 42.5 Å².